The maximum Gasteiger partial charge on any atom is 0.341 e. The van der Waals surface area contributed by atoms with E-state index in [2.05, 4.69) is 0 Å². The summed E-state index contributed by atoms with van der Waals surface area (Å²) in [6.07, 6.45) is 1.69. The Hall–Kier alpha value is -2.64. The molecule has 1 aliphatic rings. The number of thiocarbonyl (C=S) groups is 1. The normalized spacial score (nSPS) is 15.4. The first-order valence-electron chi connectivity index (χ1n) is 8.18. The number of hydrogen-bond donors (Lipinski definition) is 1. The Morgan fingerprint density at radius 2 is 1.93 bits per heavy atom. The zero-order valence-electron chi connectivity index (χ0n) is 14.5. The molecular weight excluding hydrogens is 382 g/mol. The summed E-state index contributed by atoms with van der Waals surface area (Å²) in [4.78, 5) is 25.6. The molecule has 1 saturated heterocycles. The van der Waals surface area contributed by atoms with Crippen molar-refractivity contribution in [2.75, 3.05) is 6.61 Å². The summed E-state index contributed by atoms with van der Waals surface area (Å²) in [6.45, 7) is 1.98. The molecule has 0 aromatic heterocycles. The van der Waals surface area contributed by atoms with E-state index in [1.807, 2.05) is 31.2 Å². The first-order valence-corrected chi connectivity index (χ1v) is 9.41. The molecule has 0 atom stereocenters. The minimum absolute atomic E-state index is 0.168. The molecule has 0 spiro atoms. The van der Waals surface area contributed by atoms with Gasteiger partial charge in [0.05, 0.1) is 11.4 Å². The average molecular weight is 399 g/mol. The Kier molecular flexibility index (Phi) is 5.93. The number of carboxylic acid groups (broad SMARTS) is 1. The van der Waals surface area contributed by atoms with Gasteiger partial charge in [-0.15, -0.1) is 0 Å². The quantitative estimate of drug-likeness (QED) is 0.588. The summed E-state index contributed by atoms with van der Waals surface area (Å²) < 4.78 is 5.79. The van der Waals surface area contributed by atoms with E-state index < -0.39 is 12.6 Å². The van der Waals surface area contributed by atoms with Crippen molar-refractivity contribution in [1.82, 2.24) is 4.90 Å². The third-order valence-corrected chi connectivity index (χ3v) is 5.27. The Morgan fingerprint density at radius 3 is 2.63 bits per heavy atom. The SMILES string of the molecule is Cc1ccc(CN2C(=O)/C(=C/c3ccccc3OCC(=O)O)SC2=S)cc1. The number of aliphatic carboxylic acids is 1. The Bertz CT molecular complexity index is 922. The molecule has 0 bridgehead atoms. The molecule has 1 aliphatic heterocycles. The first kappa shape index (κ1) is 19.1. The molecule has 3 rings (SSSR count). The van der Waals surface area contributed by atoms with Gasteiger partial charge in [-0.1, -0.05) is 72.0 Å². The van der Waals surface area contributed by atoms with Crippen LogP contribution in [0.1, 0.15) is 16.7 Å². The predicted octanol–water partition coefficient (Wildman–Crippen LogP) is 3.86. The lowest BCUT2D eigenvalue weighted by molar-refractivity contribution is -0.139. The number of rotatable bonds is 6. The number of carbonyl (C=O) groups is 2. The van der Waals surface area contributed by atoms with Crippen LogP contribution in [0.3, 0.4) is 0 Å². The van der Waals surface area contributed by atoms with Gasteiger partial charge in [0.2, 0.25) is 0 Å². The number of carboxylic acids is 1. The lowest BCUT2D eigenvalue weighted by Crippen LogP contribution is -2.27. The molecule has 0 saturated carbocycles. The van der Waals surface area contributed by atoms with Crippen LogP contribution in [0, 0.1) is 6.92 Å². The van der Waals surface area contributed by atoms with Crippen molar-refractivity contribution in [2.45, 2.75) is 13.5 Å². The van der Waals surface area contributed by atoms with E-state index in [9.17, 15) is 9.59 Å². The third kappa shape index (κ3) is 4.75. The minimum Gasteiger partial charge on any atom is -0.481 e. The highest BCUT2D eigenvalue weighted by molar-refractivity contribution is 8.26. The van der Waals surface area contributed by atoms with E-state index in [1.165, 1.54) is 11.8 Å². The fourth-order valence-electron chi connectivity index (χ4n) is 2.52. The second-order valence-corrected chi connectivity index (χ2v) is 7.65. The van der Waals surface area contributed by atoms with E-state index in [0.29, 0.717) is 27.1 Å². The van der Waals surface area contributed by atoms with Crippen LogP contribution in [0.5, 0.6) is 5.75 Å². The lowest BCUT2D eigenvalue weighted by Gasteiger charge is -2.14. The maximum absolute atomic E-state index is 12.8. The van der Waals surface area contributed by atoms with Gasteiger partial charge in [-0.05, 0) is 24.6 Å². The zero-order valence-corrected chi connectivity index (χ0v) is 16.2. The van der Waals surface area contributed by atoms with Crippen LogP contribution >= 0.6 is 24.0 Å². The Labute approximate surface area is 166 Å². The van der Waals surface area contributed by atoms with Gasteiger partial charge >= 0.3 is 5.97 Å². The fourth-order valence-corrected chi connectivity index (χ4v) is 3.77. The van der Waals surface area contributed by atoms with Crippen molar-refractivity contribution in [1.29, 1.82) is 0 Å². The Morgan fingerprint density at radius 1 is 1.22 bits per heavy atom. The van der Waals surface area contributed by atoms with Gasteiger partial charge in [-0.3, -0.25) is 9.69 Å². The second-order valence-electron chi connectivity index (χ2n) is 5.97. The van der Waals surface area contributed by atoms with Gasteiger partial charge < -0.3 is 9.84 Å². The van der Waals surface area contributed by atoms with Crippen LogP contribution in [0.15, 0.2) is 53.4 Å². The highest BCUT2D eigenvalue weighted by Crippen LogP contribution is 2.35. The third-order valence-electron chi connectivity index (χ3n) is 3.89. The number of hydrogen-bond acceptors (Lipinski definition) is 5. The standard InChI is InChI=1S/C20H17NO4S2/c1-13-6-8-14(9-7-13)11-21-19(24)17(27-20(21)26)10-15-4-2-3-5-16(15)25-12-18(22)23/h2-10H,11-12H2,1H3,(H,22,23)/b17-10-. The molecule has 0 aliphatic carbocycles. The van der Waals surface area contributed by atoms with Gasteiger partial charge in [0.15, 0.2) is 6.61 Å². The molecular formula is C20H17NO4S2. The summed E-state index contributed by atoms with van der Waals surface area (Å²) in [5.74, 6) is -0.823. The monoisotopic (exact) mass is 399 g/mol. The molecule has 1 heterocycles. The number of para-hydroxylation sites is 1. The van der Waals surface area contributed by atoms with E-state index >= 15 is 0 Å². The van der Waals surface area contributed by atoms with E-state index in [-0.39, 0.29) is 5.91 Å². The number of nitrogens with zero attached hydrogens (tertiary/aromatic N) is 1. The zero-order chi connectivity index (χ0) is 19.4. The molecule has 1 amide bonds. The molecule has 27 heavy (non-hydrogen) atoms. The van der Waals surface area contributed by atoms with E-state index in [1.54, 1.807) is 35.2 Å². The van der Waals surface area contributed by atoms with Crippen LogP contribution in [-0.4, -0.2) is 32.8 Å². The highest BCUT2D eigenvalue weighted by Gasteiger charge is 2.32. The molecule has 7 heteroatoms. The van der Waals surface area contributed by atoms with Crippen LogP contribution < -0.4 is 4.74 Å². The molecule has 0 radical (unpaired) electrons. The van der Waals surface area contributed by atoms with Crippen molar-refractivity contribution in [3.63, 3.8) is 0 Å². The van der Waals surface area contributed by atoms with Gasteiger partial charge in [0, 0.05) is 5.56 Å². The number of ether oxygens (including phenoxy) is 1. The van der Waals surface area contributed by atoms with Gasteiger partial charge in [-0.25, -0.2) is 4.79 Å². The van der Waals surface area contributed by atoms with Crippen LogP contribution in [-0.2, 0) is 16.1 Å². The summed E-state index contributed by atoms with van der Waals surface area (Å²) in [5, 5.41) is 8.80. The molecule has 5 nitrogen and oxygen atoms in total. The fraction of sp³-hybridized carbons (Fsp3) is 0.150. The van der Waals surface area contributed by atoms with Crippen molar-refractivity contribution in [3.05, 3.63) is 70.1 Å². The lowest BCUT2D eigenvalue weighted by atomic mass is 10.1. The van der Waals surface area contributed by atoms with Gasteiger partial charge in [-0.2, -0.15) is 0 Å². The largest absolute Gasteiger partial charge is 0.481 e. The van der Waals surface area contributed by atoms with Crippen molar-refractivity contribution in [3.8, 4) is 5.75 Å². The molecule has 138 valence electrons. The van der Waals surface area contributed by atoms with Crippen LogP contribution in [0.2, 0.25) is 0 Å². The number of aryl methyl sites for hydroxylation is 1. The summed E-state index contributed by atoms with van der Waals surface area (Å²) in [5.41, 5.74) is 2.79. The number of benzene rings is 2. The summed E-state index contributed by atoms with van der Waals surface area (Å²) in [7, 11) is 0. The number of carbonyl (C=O) groups excluding carboxylic acids is 1. The minimum atomic E-state index is -1.06. The van der Waals surface area contributed by atoms with E-state index in [4.69, 9.17) is 22.1 Å². The topological polar surface area (TPSA) is 66.8 Å². The number of thioether (sulfide) groups is 1. The van der Waals surface area contributed by atoms with Gasteiger partial charge in [0.25, 0.3) is 5.91 Å². The molecule has 2 aromatic rings. The average Bonchev–Trinajstić information content (AvgIpc) is 2.90. The molecule has 0 unspecified atom stereocenters. The molecule has 1 fully saturated rings. The van der Waals surface area contributed by atoms with E-state index in [0.717, 1.165) is 11.1 Å². The van der Waals surface area contributed by atoms with Crippen LogP contribution in [0.4, 0.5) is 0 Å². The maximum atomic E-state index is 12.8. The van der Waals surface area contributed by atoms with Crippen molar-refractivity contribution >= 4 is 46.3 Å². The molecule has 1 N–H and O–H groups in total. The molecule has 2 aromatic carbocycles. The van der Waals surface area contributed by atoms with Gasteiger partial charge in [0.1, 0.15) is 10.1 Å². The highest BCUT2D eigenvalue weighted by atomic mass is 32.2. The van der Waals surface area contributed by atoms with Crippen molar-refractivity contribution in [2.24, 2.45) is 0 Å². The van der Waals surface area contributed by atoms with Crippen LogP contribution in [0.25, 0.3) is 6.08 Å². The number of amides is 1. The second kappa shape index (κ2) is 8.37. The predicted molar refractivity (Wildman–Crippen MR) is 109 cm³/mol. The summed E-state index contributed by atoms with van der Waals surface area (Å²) >= 11 is 6.60. The first-order chi connectivity index (χ1) is 12.9. The summed E-state index contributed by atoms with van der Waals surface area (Å²) in [6, 6.07) is 14.9. The smallest absolute Gasteiger partial charge is 0.341 e. The van der Waals surface area contributed by atoms with Crippen molar-refractivity contribution < 1.29 is 19.4 Å². The Balaban J connectivity index is 1.80.